The summed E-state index contributed by atoms with van der Waals surface area (Å²) in [7, 11) is 0. The summed E-state index contributed by atoms with van der Waals surface area (Å²) in [5.41, 5.74) is 15.4. The van der Waals surface area contributed by atoms with E-state index in [0.29, 0.717) is 5.58 Å². The third kappa shape index (κ3) is 6.14. The van der Waals surface area contributed by atoms with Gasteiger partial charge in [0, 0.05) is 86.2 Å². The third-order valence-corrected chi connectivity index (χ3v) is 11.1. The highest BCUT2D eigenvalue weighted by molar-refractivity contribution is 6.04. The predicted molar refractivity (Wildman–Crippen MR) is 240 cm³/mol. The molecule has 4 aromatic heterocycles. The fraction of sp³-hybridized carbons (Fsp3) is 0.0784. The van der Waals surface area contributed by atoms with E-state index in [1.165, 1.54) is 0 Å². The van der Waals surface area contributed by atoms with E-state index < -0.39 is 5.63 Å². The van der Waals surface area contributed by atoms with Crippen LogP contribution in [0.2, 0.25) is 0 Å². The number of benzene rings is 4. The Morgan fingerprint density at radius 2 is 0.914 bits per heavy atom. The van der Waals surface area contributed by atoms with Crippen molar-refractivity contribution in [3.05, 3.63) is 173 Å². The summed E-state index contributed by atoms with van der Waals surface area (Å²) < 4.78 is 5.91. The number of nitrogens with one attached hydrogen (secondary N) is 2. The van der Waals surface area contributed by atoms with Crippen molar-refractivity contribution in [2.24, 2.45) is 0 Å². The van der Waals surface area contributed by atoms with Gasteiger partial charge >= 0.3 is 5.63 Å². The summed E-state index contributed by atoms with van der Waals surface area (Å²) in [6, 6.07) is 47.3. The Bertz CT molecular complexity index is 3120. The van der Waals surface area contributed by atoms with Crippen molar-refractivity contribution in [3.63, 3.8) is 0 Å². The lowest BCUT2D eigenvalue weighted by Crippen LogP contribution is -2.21. The molecule has 2 aliphatic rings. The van der Waals surface area contributed by atoms with E-state index in [4.69, 9.17) is 14.4 Å². The van der Waals surface area contributed by atoms with Gasteiger partial charge in [0.05, 0.1) is 22.8 Å². The summed E-state index contributed by atoms with van der Waals surface area (Å²) in [6.07, 6.45) is 8.33. The highest BCUT2D eigenvalue weighted by Gasteiger charge is 2.21. The number of H-pyrrole nitrogens is 2. The lowest BCUT2D eigenvalue weighted by Gasteiger charge is -2.21. The number of aromatic amines is 2. The zero-order valence-electron chi connectivity index (χ0n) is 32.2. The molecule has 4 aromatic carbocycles. The first-order valence-electron chi connectivity index (χ1n) is 19.7. The monoisotopic (exact) mass is 753 g/mol. The van der Waals surface area contributed by atoms with Crippen LogP contribution >= 0.6 is 0 Å². The fourth-order valence-corrected chi connectivity index (χ4v) is 8.36. The van der Waals surface area contributed by atoms with Crippen LogP contribution < -0.4 is 10.5 Å². The van der Waals surface area contributed by atoms with Crippen LogP contribution in [-0.2, 0) is 0 Å². The summed E-state index contributed by atoms with van der Waals surface area (Å²) in [4.78, 5) is 34.2. The molecule has 10 rings (SSSR count). The molecule has 8 bridgehead atoms. The first kappa shape index (κ1) is 34.9. The Hall–Kier alpha value is -7.51. The van der Waals surface area contributed by atoms with Gasteiger partial charge in [0.25, 0.3) is 0 Å². The number of fused-ring (bicyclic) bond motifs is 9. The van der Waals surface area contributed by atoms with E-state index in [1.54, 1.807) is 6.07 Å². The quantitative estimate of drug-likeness (QED) is 0.158. The standard InChI is InChI=1S/C51H39N5O2/c1-3-56(4-2)35-20-21-36-37(31-47(57)58-46(36)30-35)51-44-28-26-42(54-44)49(33-16-10-6-11-17-33)40-24-22-38(52-40)48(32-14-8-5-9-15-32)39-23-25-41(53-39)50(34-18-12-7-13-19-34)43-27-29-45(51)55-43/h5-31,52,55H,3-4H2,1-2H3. The lowest BCUT2D eigenvalue weighted by molar-refractivity contribution is 0.561. The second kappa shape index (κ2) is 14.5. The minimum Gasteiger partial charge on any atom is -0.423 e. The van der Waals surface area contributed by atoms with Gasteiger partial charge in [0.1, 0.15) is 5.58 Å². The molecule has 8 aromatic rings. The van der Waals surface area contributed by atoms with Gasteiger partial charge in [-0.2, -0.15) is 0 Å². The number of aromatic nitrogens is 4. The Morgan fingerprint density at radius 1 is 0.500 bits per heavy atom. The average Bonchev–Trinajstić information content (AvgIpc) is 4.11. The Kier molecular flexibility index (Phi) is 8.75. The van der Waals surface area contributed by atoms with E-state index >= 15 is 0 Å². The first-order valence-corrected chi connectivity index (χ1v) is 19.7. The molecule has 0 aliphatic carbocycles. The Balaban J connectivity index is 1.38. The molecule has 0 radical (unpaired) electrons. The normalized spacial score (nSPS) is 12.0. The molecular weight excluding hydrogens is 715 g/mol. The van der Waals surface area contributed by atoms with Crippen molar-refractivity contribution in [3.8, 4) is 44.5 Å². The van der Waals surface area contributed by atoms with Crippen molar-refractivity contribution in [2.45, 2.75) is 13.8 Å². The lowest BCUT2D eigenvalue weighted by atomic mass is 10.00. The third-order valence-electron chi connectivity index (χ3n) is 11.1. The predicted octanol–water partition coefficient (Wildman–Crippen LogP) is 12.3. The van der Waals surface area contributed by atoms with Crippen molar-refractivity contribution >= 4 is 63.0 Å². The van der Waals surface area contributed by atoms with Crippen LogP contribution in [0, 0.1) is 0 Å². The van der Waals surface area contributed by atoms with Gasteiger partial charge in [-0.15, -0.1) is 0 Å². The van der Waals surface area contributed by atoms with Crippen LogP contribution in [0.3, 0.4) is 0 Å². The summed E-state index contributed by atoms with van der Waals surface area (Å²) in [6.45, 7) is 5.92. The number of hydrogen-bond donors (Lipinski definition) is 2. The maximum absolute atomic E-state index is 13.5. The van der Waals surface area contributed by atoms with Crippen LogP contribution in [0.1, 0.15) is 36.6 Å². The van der Waals surface area contributed by atoms with Crippen molar-refractivity contribution in [1.82, 2.24) is 19.9 Å². The number of rotatable bonds is 7. The maximum atomic E-state index is 13.5. The van der Waals surface area contributed by atoms with Crippen molar-refractivity contribution in [1.29, 1.82) is 0 Å². The molecule has 0 spiro atoms. The molecule has 6 heterocycles. The summed E-state index contributed by atoms with van der Waals surface area (Å²) in [5, 5.41) is 0.820. The molecule has 0 fully saturated rings. The van der Waals surface area contributed by atoms with E-state index in [2.05, 4.69) is 138 Å². The first-order chi connectivity index (χ1) is 28.6. The van der Waals surface area contributed by atoms with Crippen LogP contribution in [-0.4, -0.2) is 33.0 Å². The molecule has 2 N–H and O–H groups in total. The second-order valence-electron chi connectivity index (χ2n) is 14.4. The molecule has 7 heteroatoms. The molecule has 2 aliphatic heterocycles. The molecule has 7 nitrogen and oxygen atoms in total. The van der Waals surface area contributed by atoms with Gasteiger partial charge in [-0.25, -0.2) is 14.8 Å². The number of hydrogen-bond acceptors (Lipinski definition) is 5. The molecule has 0 saturated heterocycles. The fourth-order valence-electron chi connectivity index (χ4n) is 8.36. The zero-order chi connectivity index (χ0) is 39.2. The van der Waals surface area contributed by atoms with E-state index in [9.17, 15) is 4.79 Å². The van der Waals surface area contributed by atoms with E-state index in [0.717, 1.165) is 114 Å². The Labute approximate surface area is 335 Å². The van der Waals surface area contributed by atoms with Gasteiger partial charge in [0.15, 0.2) is 0 Å². The number of anilines is 1. The molecule has 0 saturated carbocycles. The van der Waals surface area contributed by atoms with Crippen LogP contribution in [0.15, 0.2) is 149 Å². The second-order valence-corrected chi connectivity index (χ2v) is 14.4. The molecule has 0 amide bonds. The Morgan fingerprint density at radius 3 is 1.34 bits per heavy atom. The molecule has 280 valence electrons. The smallest absolute Gasteiger partial charge is 0.336 e. The summed E-state index contributed by atoms with van der Waals surface area (Å²) >= 11 is 0. The van der Waals surface area contributed by atoms with E-state index in [-0.39, 0.29) is 0 Å². The highest BCUT2D eigenvalue weighted by atomic mass is 16.4. The number of nitrogens with zero attached hydrogens (tertiary/aromatic N) is 3. The van der Waals surface area contributed by atoms with Gasteiger partial charge in [0.2, 0.25) is 0 Å². The molecule has 0 unspecified atom stereocenters. The van der Waals surface area contributed by atoms with Crippen LogP contribution in [0.4, 0.5) is 5.69 Å². The average molecular weight is 754 g/mol. The SMILES string of the molecule is CCN(CC)c1ccc2c(-c3c4nc(c(-c5ccccc5)c5ccc([nH]5)c(-c5ccccc5)c5nc(c(-c6ccccc6)c6ccc3[nH]6)C=C5)C=C4)cc(=O)oc2c1. The highest BCUT2D eigenvalue weighted by Crippen LogP contribution is 2.40. The van der Waals surface area contributed by atoms with Gasteiger partial charge in [-0.1, -0.05) is 91.0 Å². The minimum absolute atomic E-state index is 0.427. The zero-order valence-corrected chi connectivity index (χ0v) is 32.2. The van der Waals surface area contributed by atoms with Gasteiger partial charge < -0.3 is 19.3 Å². The maximum Gasteiger partial charge on any atom is 0.336 e. The van der Waals surface area contributed by atoms with Crippen molar-refractivity contribution in [2.75, 3.05) is 18.0 Å². The summed E-state index contributed by atoms with van der Waals surface area (Å²) in [5.74, 6) is 0. The molecular formula is C51H39N5O2. The van der Waals surface area contributed by atoms with Gasteiger partial charge in [-0.05, 0) is 91.2 Å². The topological polar surface area (TPSA) is 90.8 Å². The van der Waals surface area contributed by atoms with Crippen molar-refractivity contribution < 1.29 is 4.42 Å². The van der Waals surface area contributed by atoms with E-state index in [1.807, 2.05) is 48.5 Å². The minimum atomic E-state index is -0.427. The van der Waals surface area contributed by atoms with Crippen LogP contribution in [0.25, 0.3) is 102 Å². The van der Waals surface area contributed by atoms with Gasteiger partial charge in [-0.3, -0.25) is 0 Å². The van der Waals surface area contributed by atoms with Crippen LogP contribution in [0.5, 0.6) is 0 Å². The largest absolute Gasteiger partial charge is 0.423 e. The molecule has 58 heavy (non-hydrogen) atoms. The molecule has 0 atom stereocenters.